The SMILES string of the molecule is CC(=O)OC[C@@H]1C2OC[C@@H](O[C@H]1n1ccc(=O)[nH]c1=O)[C@H]2OCc1ccccc1. The van der Waals surface area contributed by atoms with E-state index in [0.29, 0.717) is 13.2 Å². The fourth-order valence-electron chi connectivity index (χ4n) is 3.79. The molecule has 0 saturated carbocycles. The molecule has 2 aromatic rings. The Kier molecular flexibility index (Phi) is 5.61. The van der Waals surface area contributed by atoms with E-state index in [1.165, 1.54) is 23.8 Å². The summed E-state index contributed by atoms with van der Waals surface area (Å²) in [7, 11) is 0. The highest BCUT2D eigenvalue weighted by molar-refractivity contribution is 5.65. The van der Waals surface area contributed by atoms with Crippen LogP contribution >= 0.6 is 0 Å². The third kappa shape index (κ3) is 4.16. The van der Waals surface area contributed by atoms with Gasteiger partial charge >= 0.3 is 11.7 Å². The van der Waals surface area contributed by atoms with E-state index in [4.69, 9.17) is 18.9 Å². The lowest BCUT2D eigenvalue weighted by atomic mass is 9.92. The summed E-state index contributed by atoms with van der Waals surface area (Å²) in [5.74, 6) is -0.929. The highest BCUT2D eigenvalue weighted by Crippen LogP contribution is 2.40. The van der Waals surface area contributed by atoms with E-state index >= 15 is 0 Å². The standard InChI is InChI=1S/C20H22N2O7/c1-12(23)26-10-14-17-18(27-9-13-5-3-2-4-6-13)15(11-28-17)29-19(14)22-8-7-16(24)21-20(22)25/h2-8,14-15,17-19H,9-11H2,1H3,(H,21,24,25)/t14-,15-,17?,18-,19-/m1/s1. The maximum absolute atomic E-state index is 12.3. The van der Waals surface area contributed by atoms with Gasteiger partial charge in [-0.3, -0.25) is 19.1 Å². The van der Waals surface area contributed by atoms with Gasteiger partial charge in [0.25, 0.3) is 5.56 Å². The Morgan fingerprint density at radius 3 is 2.76 bits per heavy atom. The quantitative estimate of drug-likeness (QED) is 0.705. The summed E-state index contributed by atoms with van der Waals surface area (Å²) in [6.45, 7) is 1.99. The van der Waals surface area contributed by atoms with E-state index in [-0.39, 0.29) is 18.8 Å². The fraction of sp³-hybridized carbons (Fsp3) is 0.450. The van der Waals surface area contributed by atoms with Gasteiger partial charge in [-0.1, -0.05) is 30.3 Å². The number of carbonyl (C=O) groups excluding carboxylic acids is 1. The number of nitrogens with one attached hydrogen (secondary N) is 1. The van der Waals surface area contributed by atoms with Crippen molar-refractivity contribution in [3.8, 4) is 0 Å². The third-order valence-electron chi connectivity index (χ3n) is 5.14. The number of aromatic amines is 1. The number of fused-ring (bicyclic) bond motifs is 2. The summed E-state index contributed by atoms with van der Waals surface area (Å²) in [5.41, 5.74) is -0.0809. The van der Waals surface area contributed by atoms with E-state index in [2.05, 4.69) is 4.98 Å². The predicted molar refractivity (Wildman–Crippen MR) is 100 cm³/mol. The highest BCUT2D eigenvalue weighted by Gasteiger charge is 2.53. The Morgan fingerprint density at radius 1 is 1.24 bits per heavy atom. The fourth-order valence-corrected chi connectivity index (χ4v) is 3.79. The molecule has 0 amide bonds. The van der Waals surface area contributed by atoms with Gasteiger partial charge in [0.2, 0.25) is 0 Å². The number of ether oxygens (including phenoxy) is 4. The van der Waals surface area contributed by atoms with Crippen molar-refractivity contribution in [3.63, 3.8) is 0 Å². The second-order valence-corrected chi connectivity index (χ2v) is 7.11. The second-order valence-electron chi connectivity index (χ2n) is 7.11. The van der Waals surface area contributed by atoms with Gasteiger partial charge in [-0.25, -0.2) is 4.79 Å². The van der Waals surface area contributed by atoms with Crippen molar-refractivity contribution < 1.29 is 23.7 Å². The number of rotatable bonds is 6. The van der Waals surface area contributed by atoms with Crippen LogP contribution < -0.4 is 11.2 Å². The van der Waals surface area contributed by atoms with Crippen LogP contribution in [0.1, 0.15) is 18.7 Å². The van der Waals surface area contributed by atoms with Gasteiger partial charge in [0.15, 0.2) is 0 Å². The van der Waals surface area contributed by atoms with Crippen LogP contribution in [0, 0.1) is 5.92 Å². The minimum Gasteiger partial charge on any atom is -0.465 e. The van der Waals surface area contributed by atoms with Crippen molar-refractivity contribution in [1.29, 1.82) is 0 Å². The van der Waals surface area contributed by atoms with Crippen molar-refractivity contribution in [2.75, 3.05) is 13.2 Å². The van der Waals surface area contributed by atoms with Crippen LogP contribution in [-0.4, -0.2) is 47.0 Å². The molecule has 4 rings (SSSR count). The zero-order valence-electron chi connectivity index (χ0n) is 15.9. The van der Waals surface area contributed by atoms with Crippen molar-refractivity contribution in [1.82, 2.24) is 9.55 Å². The smallest absolute Gasteiger partial charge is 0.330 e. The average molecular weight is 402 g/mol. The summed E-state index contributed by atoms with van der Waals surface area (Å²) in [5, 5.41) is 0. The summed E-state index contributed by atoms with van der Waals surface area (Å²) in [6.07, 6.45) is -0.572. The Bertz CT molecular complexity index is 971. The maximum atomic E-state index is 12.3. The molecule has 9 nitrogen and oxygen atoms in total. The minimum atomic E-state index is -0.757. The van der Waals surface area contributed by atoms with Crippen LogP contribution in [0.5, 0.6) is 0 Å². The first-order chi connectivity index (χ1) is 14.0. The largest absolute Gasteiger partial charge is 0.465 e. The maximum Gasteiger partial charge on any atom is 0.330 e. The molecule has 2 bridgehead atoms. The molecule has 1 aromatic heterocycles. The van der Waals surface area contributed by atoms with Gasteiger partial charge in [-0.2, -0.15) is 0 Å². The normalized spacial score (nSPS) is 28.2. The molecule has 29 heavy (non-hydrogen) atoms. The molecular weight excluding hydrogens is 380 g/mol. The van der Waals surface area contributed by atoms with Gasteiger partial charge in [-0.05, 0) is 5.56 Å². The van der Waals surface area contributed by atoms with Crippen LogP contribution in [0.3, 0.4) is 0 Å². The summed E-state index contributed by atoms with van der Waals surface area (Å²) in [6, 6.07) is 11.0. The molecule has 0 aliphatic carbocycles. The van der Waals surface area contributed by atoms with Crippen LogP contribution in [0.15, 0.2) is 52.2 Å². The van der Waals surface area contributed by atoms with Crippen molar-refractivity contribution in [2.45, 2.75) is 38.1 Å². The number of H-pyrrole nitrogens is 1. The first-order valence-corrected chi connectivity index (χ1v) is 9.40. The van der Waals surface area contributed by atoms with Crippen LogP contribution in [0.25, 0.3) is 0 Å². The van der Waals surface area contributed by atoms with E-state index in [0.717, 1.165) is 5.56 Å². The van der Waals surface area contributed by atoms with E-state index in [1.807, 2.05) is 30.3 Å². The van der Waals surface area contributed by atoms with Crippen molar-refractivity contribution in [3.05, 3.63) is 69.0 Å². The molecule has 9 heteroatoms. The van der Waals surface area contributed by atoms with Gasteiger partial charge in [0.05, 0.1) is 25.2 Å². The minimum absolute atomic E-state index is 0.00580. The zero-order chi connectivity index (χ0) is 20.4. The molecular formula is C20H22N2O7. The first kappa shape index (κ1) is 19.6. The van der Waals surface area contributed by atoms with Crippen molar-refractivity contribution >= 4 is 5.97 Å². The lowest BCUT2D eigenvalue weighted by Gasteiger charge is -2.40. The molecule has 2 aliphatic rings. The first-order valence-electron chi connectivity index (χ1n) is 9.40. The number of aromatic nitrogens is 2. The lowest BCUT2D eigenvalue weighted by Crippen LogP contribution is -2.52. The van der Waals surface area contributed by atoms with Gasteiger partial charge in [-0.15, -0.1) is 0 Å². The highest BCUT2D eigenvalue weighted by atomic mass is 16.6. The molecule has 2 fully saturated rings. The summed E-state index contributed by atoms with van der Waals surface area (Å²) < 4.78 is 24.6. The predicted octanol–water partition coefficient (Wildman–Crippen LogP) is 0.598. The molecule has 1 aromatic carbocycles. The molecule has 5 atom stereocenters. The number of benzene rings is 1. The molecule has 0 spiro atoms. The van der Waals surface area contributed by atoms with Crippen molar-refractivity contribution in [2.24, 2.45) is 5.92 Å². The number of hydrogen-bond acceptors (Lipinski definition) is 7. The topological polar surface area (TPSA) is 109 Å². The monoisotopic (exact) mass is 402 g/mol. The Hall–Kier alpha value is -2.75. The van der Waals surface area contributed by atoms with Gasteiger partial charge in [0, 0.05) is 19.2 Å². The Balaban J connectivity index is 1.58. The van der Waals surface area contributed by atoms with Crippen LogP contribution in [-0.2, 0) is 30.3 Å². The molecule has 1 unspecified atom stereocenters. The average Bonchev–Trinajstić information content (AvgIpc) is 2.99. The van der Waals surface area contributed by atoms with Gasteiger partial charge in [0.1, 0.15) is 25.0 Å². The molecule has 154 valence electrons. The third-order valence-corrected chi connectivity index (χ3v) is 5.14. The number of carbonyl (C=O) groups is 1. The van der Waals surface area contributed by atoms with E-state index < -0.39 is 35.5 Å². The van der Waals surface area contributed by atoms with E-state index in [9.17, 15) is 14.4 Å². The second kappa shape index (κ2) is 8.32. The Morgan fingerprint density at radius 2 is 2.03 bits per heavy atom. The number of esters is 1. The van der Waals surface area contributed by atoms with Gasteiger partial charge < -0.3 is 18.9 Å². The molecule has 1 N–H and O–H groups in total. The summed E-state index contributed by atoms with van der Waals surface area (Å²) >= 11 is 0. The number of hydrogen-bond donors (Lipinski definition) is 1. The molecule has 3 heterocycles. The van der Waals surface area contributed by atoms with Crippen LogP contribution in [0.2, 0.25) is 0 Å². The number of nitrogens with zero attached hydrogens (tertiary/aromatic N) is 1. The van der Waals surface area contributed by atoms with E-state index in [1.54, 1.807) is 0 Å². The summed E-state index contributed by atoms with van der Waals surface area (Å²) in [4.78, 5) is 37.3. The lowest BCUT2D eigenvalue weighted by molar-refractivity contribution is -0.200. The van der Waals surface area contributed by atoms with Crippen LogP contribution in [0.4, 0.5) is 0 Å². The molecule has 0 radical (unpaired) electrons. The Labute approximate surface area is 166 Å². The zero-order valence-corrected chi connectivity index (χ0v) is 15.9. The molecule has 2 saturated heterocycles. The molecule has 2 aliphatic heterocycles.